The third-order valence-electron chi connectivity index (χ3n) is 5.90. The van der Waals surface area contributed by atoms with Gasteiger partial charge in [0.05, 0.1) is 11.7 Å². The Morgan fingerprint density at radius 1 is 1.17 bits per heavy atom. The maximum atomic E-state index is 6.06. The molecule has 1 aromatic rings. The Hall–Kier alpha value is -0.900. The molecule has 2 fully saturated rings. The van der Waals surface area contributed by atoms with E-state index in [-0.39, 0.29) is 5.60 Å². The van der Waals surface area contributed by atoms with Gasteiger partial charge in [0.1, 0.15) is 6.79 Å². The van der Waals surface area contributed by atoms with Crippen LogP contribution in [0.15, 0.2) is 30.3 Å². The molecule has 1 aliphatic carbocycles. The number of aryl methyl sites for hydroxylation is 1. The number of unbranched alkanes of at least 4 members (excludes halogenated alkanes) is 1. The zero-order valence-corrected chi connectivity index (χ0v) is 15.3. The van der Waals surface area contributed by atoms with Crippen molar-refractivity contribution in [3.05, 3.63) is 35.9 Å². The Labute approximate surface area is 147 Å². The van der Waals surface area contributed by atoms with Gasteiger partial charge in [0, 0.05) is 12.5 Å². The van der Waals surface area contributed by atoms with Gasteiger partial charge in [-0.3, -0.25) is 0 Å². The van der Waals surface area contributed by atoms with Crippen LogP contribution < -0.4 is 5.32 Å². The van der Waals surface area contributed by atoms with Gasteiger partial charge in [-0.05, 0) is 57.1 Å². The van der Waals surface area contributed by atoms with Gasteiger partial charge in [-0.25, -0.2) is 0 Å². The summed E-state index contributed by atoms with van der Waals surface area (Å²) in [5, 5.41) is 3.65. The summed E-state index contributed by atoms with van der Waals surface area (Å²) in [6.07, 6.45) is 7.76. The van der Waals surface area contributed by atoms with E-state index >= 15 is 0 Å². The predicted molar refractivity (Wildman–Crippen MR) is 98.0 cm³/mol. The summed E-state index contributed by atoms with van der Waals surface area (Å²) >= 11 is 0. The first-order valence-corrected chi connectivity index (χ1v) is 9.67. The molecule has 2 aliphatic rings. The molecule has 0 spiro atoms. The molecule has 0 aromatic heterocycles. The molecule has 0 bridgehead atoms. The molecule has 1 saturated heterocycles. The van der Waals surface area contributed by atoms with Gasteiger partial charge in [0.2, 0.25) is 0 Å². The molecule has 4 atom stereocenters. The third-order valence-corrected chi connectivity index (χ3v) is 5.90. The average Bonchev–Trinajstić information content (AvgIpc) is 2.59. The van der Waals surface area contributed by atoms with Crippen molar-refractivity contribution in [3.8, 4) is 0 Å². The Morgan fingerprint density at radius 2 is 2.00 bits per heavy atom. The second-order valence-electron chi connectivity index (χ2n) is 7.92. The van der Waals surface area contributed by atoms with Crippen molar-refractivity contribution in [2.24, 2.45) is 11.8 Å². The standard InChI is InChI=1S/C21H33NO2/c1-17-11-12-19-20(14-17)23-16-24-21(19,2)15-22-13-7-6-10-18-8-4-3-5-9-18/h3-5,8-9,17,19-20,22H,6-7,10-16H2,1-2H3/t17-,19-,20+,21-/m1/s1. The van der Waals surface area contributed by atoms with Gasteiger partial charge < -0.3 is 14.8 Å². The quantitative estimate of drug-likeness (QED) is 0.761. The normalized spacial score (nSPS) is 33.2. The Bertz CT molecular complexity index is 492. The van der Waals surface area contributed by atoms with Crippen molar-refractivity contribution in [2.45, 2.75) is 64.1 Å². The van der Waals surface area contributed by atoms with Crippen LogP contribution in [0.1, 0.15) is 51.5 Å². The topological polar surface area (TPSA) is 30.5 Å². The lowest BCUT2D eigenvalue weighted by Gasteiger charge is -2.49. The number of hydrogen-bond donors (Lipinski definition) is 1. The first-order chi connectivity index (χ1) is 11.7. The van der Waals surface area contributed by atoms with Crippen molar-refractivity contribution in [2.75, 3.05) is 19.9 Å². The van der Waals surface area contributed by atoms with Crippen LogP contribution in [0.2, 0.25) is 0 Å². The minimum absolute atomic E-state index is 0.0670. The minimum atomic E-state index is -0.0670. The second kappa shape index (κ2) is 8.46. The lowest BCUT2D eigenvalue weighted by Crippen LogP contribution is -2.57. The molecule has 1 saturated carbocycles. The number of rotatable bonds is 7. The van der Waals surface area contributed by atoms with Crippen molar-refractivity contribution in [1.29, 1.82) is 0 Å². The average molecular weight is 331 g/mol. The summed E-state index contributed by atoms with van der Waals surface area (Å²) in [6, 6.07) is 10.8. The van der Waals surface area contributed by atoms with E-state index in [0.717, 1.165) is 19.0 Å². The molecule has 1 aromatic carbocycles. The fraction of sp³-hybridized carbons (Fsp3) is 0.714. The molecule has 0 radical (unpaired) electrons. The molecule has 0 unspecified atom stereocenters. The van der Waals surface area contributed by atoms with Gasteiger partial charge in [0.15, 0.2) is 0 Å². The molecule has 3 rings (SSSR count). The van der Waals surface area contributed by atoms with Crippen molar-refractivity contribution in [1.82, 2.24) is 5.32 Å². The van der Waals surface area contributed by atoms with Gasteiger partial charge in [0.25, 0.3) is 0 Å². The molecular formula is C21H33NO2. The van der Waals surface area contributed by atoms with Gasteiger partial charge in [-0.1, -0.05) is 43.7 Å². The molecule has 24 heavy (non-hydrogen) atoms. The summed E-state index contributed by atoms with van der Waals surface area (Å²) in [5.41, 5.74) is 1.37. The molecular weight excluding hydrogens is 298 g/mol. The van der Waals surface area contributed by atoms with Crippen molar-refractivity contribution >= 4 is 0 Å². The van der Waals surface area contributed by atoms with E-state index in [1.807, 2.05) is 0 Å². The molecule has 3 nitrogen and oxygen atoms in total. The summed E-state index contributed by atoms with van der Waals surface area (Å²) in [7, 11) is 0. The fourth-order valence-corrected chi connectivity index (χ4v) is 4.32. The van der Waals surface area contributed by atoms with E-state index in [4.69, 9.17) is 9.47 Å². The molecule has 1 aliphatic heterocycles. The van der Waals surface area contributed by atoms with Crippen LogP contribution in [0.5, 0.6) is 0 Å². The monoisotopic (exact) mass is 331 g/mol. The highest BCUT2D eigenvalue weighted by Crippen LogP contribution is 2.41. The van der Waals surface area contributed by atoms with Crippen molar-refractivity contribution < 1.29 is 9.47 Å². The Morgan fingerprint density at radius 3 is 2.83 bits per heavy atom. The maximum Gasteiger partial charge on any atom is 0.147 e. The minimum Gasteiger partial charge on any atom is -0.352 e. The van der Waals surface area contributed by atoms with E-state index in [2.05, 4.69) is 49.5 Å². The molecule has 0 amide bonds. The van der Waals surface area contributed by atoms with E-state index in [1.165, 1.54) is 44.1 Å². The summed E-state index contributed by atoms with van der Waals surface area (Å²) in [6.45, 7) is 7.09. The highest BCUT2D eigenvalue weighted by molar-refractivity contribution is 5.14. The fourth-order valence-electron chi connectivity index (χ4n) is 4.32. The largest absolute Gasteiger partial charge is 0.352 e. The van der Waals surface area contributed by atoms with Gasteiger partial charge in [-0.2, -0.15) is 0 Å². The SMILES string of the molecule is C[C@@H]1CC[C@@H]2[C@H](C1)OCO[C@]2(C)CNCCCCc1ccccc1. The second-order valence-corrected chi connectivity index (χ2v) is 7.92. The number of ether oxygens (including phenoxy) is 2. The third kappa shape index (κ3) is 4.59. The van der Waals surface area contributed by atoms with Crippen LogP contribution in [-0.4, -0.2) is 31.6 Å². The van der Waals surface area contributed by atoms with Crippen molar-refractivity contribution in [3.63, 3.8) is 0 Å². The molecule has 1 heterocycles. The molecule has 1 N–H and O–H groups in total. The van der Waals surface area contributed by atoms with Crippen LogP contribution in [0.3, 0.4) is 0 Å². The lowest BCUT2D eigenvalue weighted by molar-refractivity contribution is -0.260. The van der Waals surface area contributed by atoms with Gasteiger partial charge >= 0.3 is 0 Å². The maximum absolute atomic E-state index is 6.06. The summed E-state index contributed by atoms with van der Waals surface area (Å²) < 4.78 is 12.0. The summed E-state index contributed by atoms with van der Waals surface area (Å²) in [5.74, 6) is 1.33. The van der Waals surface area contributed by atoms with E-state index in [1.54, 1.807) is 0 Å². The number of benzene rings is 1. The van der Waals surface area contributed by atoms with E-state index < -0.39 is 0 Å². The van der Waals surface area contributed by atoms with Crippen LogP contribution in [-0.2, 0) is 15.9 Å². The number of nitrogens with one attached hydrogen (secondary N) is 1. The highest BCUT2D eigenvalue weighted by atomic mass is 16.7. The van der Waals surface area contributed by atoms with Crippen LogP contribution in [0.25, 0.3) is 0 Å². The number of hydrogen-bond acceptors (Lipinski definition) is 3. The van der Waals surface area contributed by atoms with E-state index in [0.29, 0.717) is 18.8 Å². The highest BCUT2D eigenvalue weighted by Gasteiger charge is 2.46. The zero-order valence-electron chi connectivity index (χ0n) is 15.3. The molecule has 134 valence electrons. The van der Waals surface area contributed by atoms with E-state index in [9.17, 15) is 0 Å². The summed E-state index contributed by atoms with van der Waals surface area (Å²) in [4.78, 5) is 0. The first-order valence-electron chi connectivity index (χ1n) is 9.67. The zero-order chi connectivity index (χ0) is 16.8. The van der Waals surface area contributed by atoms with Crippen LogP contribution in [0, 0.1) is 11.8 Å². The lowest BCUT2D eigenvalue weighted by atomic mass is 9.72. The first kappa shape index (κ1) is 17.9. The predicted octanol–water partition coefficient (Wildman–Crippen LogP) is 4.17. The smallest absolute Gasteiger partial charge is 0.147 e. The molecule has 3 heteroatoms. The van der Waals surface area contributed by atoms with Crippen LogP contribution in [0.4, 0.5) is 0 Å². The number of fused-ring (bicyclic) bond motifs is 1. The van der Waals surface area contributed by atoms with Gasteiger partial charge in [-0.15, -0.1) is 0 Å². The Kier molecular flexibility index (Phi) is 6.31. The Balaban J connectivity index is 1.37. The van der Waals surface area contributed by atoms with Crippen LogP contribution >= 0.6 is 0 Å².